The predicted octanol–water partition coefficient (Wildman–Crippen LogP) is 4.07. The molecule has 0 saturated carbocycles. The van der Waals surface area contributed by atoms with Crippen LogP contribution in [0.1, 0.15) is 47.1 Å². The molecular weight excluding hydrogens is 364 g/mol. The van der Waals surface area contributed by atoms with Crippen molar-refractivity contribution in [1.82, 2.24) is 0 Å². The van der Waals surface area contributed by atoms with Gasteiger partial charge < -0.3 is 15.4 Å². The van der Waals surface area contributed by atoms with Crippen molar-refractivity contribution in [2.75, 3.05) is 10.6 Å². The van der Waals surface area contributed by atoms with Gasteiger partial charge in [-0.15, -0.1) is 11.3 Å². The van der Waals surface area contributed by atoms with Gasteiger partial charge in [0.1, 0.15) is 5.00 Å². The van der Waals surface area contributed by atoms with E-state index in [0.717, 1.165) is 16.9 Å². The van der Waals surface area contributed by atoms with Crippen LogP contribution < -0.4 is 10.6 Å². The van der Waals surface area contributed by atoms with Crippen molar-refractivity contribution in [1.29, 1.82) is 0 Å². The summed E-state index contributed by atoms with van der Waals surface area (Å²) in [4.78, 5) is 37.2. The minimum atomic E-state index is -0.979. The Morgan fingerprint density at radius 2 is 1.74 bits per heavy atom. The first-order chi connectivity index (χ1) is 12.7. The molecule has 0 spiro atoms. The number of ether oxygens (including phenoxy) is 1. The van der Waals surface area contributed by atoms with Crippen LogP contribution >= 0.6 is 11.3 Å². The van der Waals surface area contributed by atoms with E-state index < -0.39 is 18.0 Å². The minimum absolute atomic E-state index is 0.272. The fourth-order valence-corrected chi connectivity index (χ4v) is 3.56. The number of rotatable bonds is 6. The zero-order valence-corrected chi connectivity index (χ0v) is 17.0. The predicted molar refractivity (Wildman–Crippen MR) is 107 cm³/mol. The molecule has 2 aromatic rings. The molecule has 0 bridgehead atoms. The van der Waals surface area contributed by atoms with Crippen LogP contribution in [0.5, 0.6) is 0 Å². The molecular formula is C20H24N2O4S. The van der Waals surface area contributed by atoms with Gasteiger partial charge in [0.2, 0.25) is 5.91 Å². The van der Waals surface area contributed by atoms with E-state index in [1.807, 2.05) is 31.2 Å². The molecule has 0 aliphatic rings. The topological polar surface area (TPSA) is 84.5 Å². The van der Waals surface area contributed by atoms with Gasteiger partial charge in [-0.25, -0.2) is 4.79 Å². The van der Waals surface area contributed by atoms with Crippen molar-refractivity contribution in [3.8, 4) is 0 Å². The number of nitrogens with one attached hydrogen (secondary N) is 2. The van der Waals surface area contributed by atoms with Crippen molar-refractivity contribution in [3.05, 3.63) is 45.8 Å². The fraction of sp³-hybridized carbons (Fsp3) is 0.350. The van der Waals surface area contributed by atoms with E-state index in [0.29, 0.717) is 16.3 Å². The summed E-state index contributed by atoms with van der Waals surface area (Å²) in [5.41, 5.74) is 2.83. The van der Waals surface area contributed by atoms with Gasteiger partial charge >= 0.3 is 5.97 Å². The molecule has 0 fully saturated rings. The molecule has 1 aromatic carbocycles. The number of benzene rings is 1. The SMILES string of the molecule is CCc1ccc(NC(=O)[C@H](C)OC(=O)c2c(NC(C)=O)sc(C)c2C)cc1. The van der Waals surface area contributed by atoms with E-state index in [2.05, 4.69) is 17.6 Å². The van der Waals surface area contributed by atoms with Gasteiger partial charge in [0.15, 0.2) is 6.10 Å². The summed E-state index contributed by atoms with van der Waals surface area (Å²) in [6, 6.07) is 7.49. The number of anilines is 2. The van der Waals surface area contributed by atoms with E-state index in [1.165, 1.54) is 30.7 Å². The lowest BCUT2D eigenvalue weighted by molar-refractivity contribution is -0.123. The molecule has 1 heterocycles. The first kappa shape index (κ1) is 20.6. The Bertz CT molecular complexity index is 856. The normalized spacial score (nSPS) is 11.6. The summed E-state index contributed by atoms with van der Waals surface area (Å²) in [5, 5.41) is 5.82. The number of hydrogen-bond acceptors (Lipinski definition) is 5. The molecule has 7 heteroatoms. The molecule has 27 heavy (non-hydrogen) atoms. The molecule has 1 aromatic heterocycles. The second-order valence-corrected chi connectivity index (χ2v) is 7.48. The highest BCUT2D eigenvalue weighted by atomic mass is 32.1. The number of esters is 1. The minimum Gasteiger partial charge on any atom is -0.449 e. The number of carbonyl (C=O) groups excluding carboxylic acids is 3. The molecule has 6 nitrogen and oxygen atoms in total. The van der Waals surface area contributed by atoms with E-state index >= 15 is 0 Å². The molecule has 2 rings (SSSR count). The lowest BCUT2D eigenvalue weighted by Crippen LogP contribution is -2.30. The van der Waals surface area contributed by atoms with Crippen LogP contribution in [-0.2, 0) is 20.7 Å². The average molecular weight is 388 g/mol. The summed E-state index contributed by atoms with van der Waals surface area (Å²) >= 11 is 1.31. The Balaban J connectivity index is 2.08. The van der Waals surface area contributed by atoms with Gasteiger partial charge in [-0.1, -0.05) is 19.1 Å². The smallest absolute Gasteiger partial charge is 0.342 e. The maximum atomic E-state index is 12.6. The summed E-state index contributed by atoms with van der Waals surface area (Å²) in [6.07, 6.45) is -0.0636. The summed E-state index contributed by atoms with van der Waals surface area (Å²) < 4.78 is 5.34. The van der Waals surface area contributed by atoms with Crippen molar-refractivity contribution < 1.29 is 19.1 Å². The summed E-state index contributed by atoms with van der Waals surface area (Å²) in [6.45, 7) is 8.59. The molecule has 2 amide bonds. The lowest BCUT2D eigenvalue weighted by Gasteiger charge is -2.14. The van der Waals surface area contributed by atoms with Crippen LogP contribution in [0.2, 0.25) is 0 Å². The van der Waals surface area contributed by atoms with Crippen LogP contribution in [0.3, 0.4) is 0 Å². The fourth-order valence-electron chi connectivity index (χ4n) is 2.46. The zero-order valence-electron chi connectivity index (χ0n) is 16.1. The third-order valence-corrected chi connectivity index (χ3v) is 5.28. The molecule has 0 radical (unpaired) electrons. The monoisotopic (exact) mass is 388 g/mol. The van der Waals surface area contributed by atoms with Gasteiger partial charge in [0.25, 0.3) is 5.91 Å². The van der Waals surface area contributed by atoms with Crippen LogP contribution in [0.4, 0.5) is 10.7 Å². The van der Waals surface area contributed by atoms with Crippen molar-refractivity contribution in [3.63, 3.8) is 0 Å². The molecule has 0 saturated heterocycles. The highest BCUT2D eigenvalue weighted by Crippen LogP contribution is 2.33. The standard InChI is InChI=1S/C20H24N2O4S/c1-6-15-7-9-16(10-8-15)22-18(24)12(3)26-20(25)17-11(2)13(4)27-19(17)21-14(5)23/h7-10,12H,6H2,1-5H3,(H,21,23)(H,22,24)/t12-/m0/s1. The number of aryl methyl sites for hydroxylation is 2. The first-order valence-corrected chi connectivity index (χ1v) is 9.52. The Labute approximate surface area is 162 Å². The van der Waals surface area contributed by atoms with Gasteiger partial charge in [0.05, 0.1) is 5.56 Å². The highest BCUT2D eigenvalue weighted by molar-refractivity contribution is 7.16. The van der Waals surface area contributed by atoms with Crippen LogP contribution in [0.15, 0.2) is 24.3 Å². The van der Waals surface area contributed by atoms with Gasteiger partial charge in [-0.05, 0) is 50.5 Å². The largest absolute Gasteiger partial charge is 0.449 e. The van der Waals surface area contributed by atoms with Crippen LogP contribution in [0.25, 0.3) is 0 Å². The molecule has 2 N–H and O–H groups in total. The maximum Gasteiger partial charge on any atom is 0.342 e. The van der Waals surface area contributed by atoms with Crippen molar-refractivity contribution >= 4 is 39.8 Å². The number of hydrogen-bond donors (Lipinski definition) is 2. The second-order valence-electron chi connectivity index (χ2n) is 6.26. The van der Waals surface area contributed by atoms with Gasteiger partial charge in [-0.3, -0.25) is 9.59 Å². The Kier molecular flexibility index (Phi) is 6.74. The molecule has 0 aliphatic heterocycles. The van der Waals surface area contributed by atoms with Crippen molar-refractivity contribution in [2.24, 2.45) is 0 Å². The number of amides is 2. The second kappa shape index (κ2) is 8.81. The molecule has 0 aliphatic carbocycles. The highest BCUT2D eigenvalue weighted by Gasteiger charge is 2.25. The Morgan fingerprint density at radius 1 is 1.11 bits per heavy atom. The van der Waals surface area contributed by atoms with E-state index in [9.17, 15) is 14.4 Å². The van der Waals surface area contributed by atoms with Gasteiger partial charge in [-0.2, -0.15) is 0 Å². The molecule has 1 atom stereocenters. The first-order valence-electron chi connectivity index (χ1n) is 8.71. The number of carbonyl (C=O) groups is 3. The number of thiophene rings is 1. The maximum absolute atomic E-state index is 12.6. The summed E-state index contributed by atoms with van der Waals surface area (Å²) in [5.74, 6) is -1.32. The lowest BCUT2D eigenvalue weighted by atomic mass is 10.1. The van der Waals surface area contributed by atoms with Crippen LogP contribution in [-0.4, -0.2) is 23.9 Å². The third kappa shape index (κ3) is 5.17. The quantitative estimate of drug-likeness (QED) is 0.731. The Hall–Kier alpha value is -2.67. The molecule has 144 valence electrons. The van der Waals surface area contributed by atoms with Crippen molar-refractivity contribution in [2.45, 2.75) is 47.1 Å². The van der Waals surface area contributed by atoms with Gasteiger partial charge in [0, 0.05) is 17.5 Å². The third-order valence-electron chi connectivity index (χ3n) is 4.16. The molecule has 0 unspecified atom stereocenters. The zero-order chi connectivity index (χ0) is 20.1. The summed E-state index contributed by atoms with van der Waals surface area (Å²) in [7, 11) is 0. The van der Waals surface area contributed by atoms with Crippen LogP contribution in [0, 0.1) is 13.8 Å². The van der Waals surface area contributed by atoms with E-state index in [4.69, 9.17) is 4.74 Å². The van der Waals surface area contributed by atoms with E-state index in [1.54, 1.807) is 6.92 Å². The average Bonchev–Trinajstić information content (AvgIpc) is 2.88. The Morgan fingerprint density at radius 3 is 2.30 bits per heavy atom. The van der Waals surface area contributed by atoms with E-state index in [-0.39, 0.29) is 5.91 Å².